The standard InChI is InChI=1S/C8H13N7/c1-5-7(6(2)14(3)11-5)4-15-8(9)10-12-13-15/h4H2,1-3H3,(H2,9,10,13). The van der Waals surface area contributed by atoms with E-state index in [1.54, 1.807) is 4.68 Å². The lowest BCUT2D eigenvalue weighted by Crippen LogP contribution is -2.08. The van der Waals surface area contributed by atoms with Crippen molar-refractivity contribution in [3.8, 4) is 0 Å². The average Bonchev–Trinajstić information content (AvgIpc) is 2.67. The molecule has 0 aliphatic carbocycles. The van der Waals surface area contributed by atoms with E-state index in [-0.39, 0.29) is 0 Å². The van der Waals surface area contributed by atoms with E-state index in [1.807, 2.05) is 25.6 Å². The Balaban J connectivity index is 2.36. The largest absolute Gasteiger partial charge is 0.367 e. The van der Waals surface area contributed by atoms with Gasteiger partial charge in [0.1, 0.15) is 0 Å². The first-order valence-corrected chi connectivity index (χ1v) is 4.60. The van der Waals surface area contributed by atoms with E-state index in [9.17, 15) is 0 Å². The summed E-state index contributed by atoms with van der Waals surface area (Å²) in [6.45, 7) is 4.53. The topological polar surface area (TPSA) is 87.4 Å². The first kappa shape index (κ1) is 9.63. The van der Waals surface area contributed by atoms with Crippen LogP contribution in [0.1, 0.15) is 17.0 Å². The third kappa shape index (κ3) is 1.56. The van der Waals surface area contributed by atoms with Crippen molar-refractivity contribution in [3.05, 3.63) is 17.0 Å². The van der Waals surface area contributed by atoms with Gasteiger partial charge >= 0.3 is 0 Å². The number of nitrogens with zero attached hydrogens (tertiary/aromatic N) is 6. The fourth-order valence-corrected chi connectivity index (χ4v) is 1.52. The highest BCUT2D eigenvalue weighted by atomic mass is 15.6. The average molecular weight is 207 g/mol. The van der Waals surface area contributed by atoms with E-state index >= 15 is 0 Å². The Kier molecular flexibility index (Phi) is 2.14. The minimum Gasteiger partial charge on any atom is -0.367 e. The molecule has 7 nitrogen and oxygen atoms in total. The molecule has 0 aliphatic rings. The lowest BCUT2D eigenvalue weighted by atomic mass is 10.2. The van der Waals surface area contributed by atoms with Gasteiger partial charge in [0.15, 0.2) is 0 Å². The summed E-state index contributed by atoms with van der Waals surface area (Å²) in [5.41, 5.74) is 8.78. The molecular weight excluding hydrogens is 194 g/mol. The molecule has 0 aromatic carbocycles. The third-order valence-electron chi connectivity index (χ3n) is 2.53. The molecule has 80 valence electrons. The van der Waals surface area contributed by atoms with Crippen LogP contribution in [0, 0.1) is 13.8 Å². The minimum absolute atomic E-state index is 0.317. The Morgan fingerprint density at radius 2 is 2.07 bits per heavy atom. The highest BCUT2D eigenvalue weighted by molar-refractivity contribution is 5.26. The molecule has 0 atom stereocenters. The number of hydrogen-bond acceptors (Lipinski definition) is 5. The number of nitrogens with two attached hydrogens (primary N) is 1. The van der Waals surface area contributed by atoms with Gasteiger partial charge in [-0.2, -0.15) is 5.10 Å². The van der Waals surface area contributed by atoms with Crippen LogP contribution in [0.3, 0.4) is 0 Å². The minimum atomic E-state index is 0.317. The lowest BCUT2D eigenvalue weighted by molar-refractivity contribution is 0.649. The Morgan fingerprint density at radius 3 is 2.53 bits per heavy atom. The molecule has 0 amide bonds. The molecule has 2 aromatic heterocycles. The van der Waals surface area contributed by atoms with Crippen LogP contribution >= 0.6 is 0 Å². The zero-order chi connectivity index (χ0) is 11.0. The van der Waals surface area contributed by atoms with Gasteiger partial charge in [0.05, 0.1) is 12.2 Å². The molecule has 0 unspecified atom stereocenters. The van der Waals surface area contributed by atoms with E-state index in [2.05, 4.69) is 20.6 Å². The number of rotatable bonds is 2. The van der Waals surface area contributed by atoms with Crippen LogP contribution in [0.4, 0.5) is 5.95 Å². The summed E-state index contributed by atoms with van der Waals surface area (Å²) in [4.78, 5) is 0. The number of tetrazole rings is 1. The fourth-order valence-electron chi connectivity index (χ4n) is 1.52. The van der Waals surface area contributed by atoms with Crippen molar-refractivity contribution < 1.29 is 0 Å². The summed E-state index contributed by atoms with van der Waals surface area (Å²) in [6.07, 6.45) is 0. The van der Waals surface area contributed by atoms with Crippen LogP contribution in [0.5, 0.6) is 0 Å². The maximum absolute atomic E-state index is 5.59. The van der Waals surface area contributed by atoms with Crippen LogP contribution in [0.2, 0.25) is 0 Å². The zero-order valence-electron chi connectivity index (χ0n) is 8.97. The van der Waals surface area contributed by atoms with E-state index in [0.717, 1.165) is 17.0 Å². The van der Waals surface area contributed by atoms with Crippen molar-refractivity contribution in [2.24, 2.45) is 7.05 Å². The van der Waals surface area contributed by atoms with Crippen LogP contribution in [-0.4, -0.2) is 30.0 Å². The third-order valence-corrected chi connectivity index (χ3v) is 2.53. The maximum atomic E-state index is 5.59. The SMILES string of the molecule is Cc1nn(C)c(C)c1Cn1nnnc1N. The molecule has 0 radical (unpaired) electrons. The molecule has 2 N–H and O–H groups in total. The molecule has 0 saturated heterocycles. The predicted molar refractivity (Wildman–Crippen MR) is 54.0 cm³/mol. The van der Waals surface area contributed by atoms with Crippen molar-refractivity contribution in [1.29, 1.82) is 0 Å². The second kappa shape index (κ2) is 3.34. The lowest BCUT2D eigenvalue weighted by Gasteiger charge is -2.02. The van der Waals surface area contributed by atoms with Crippen molar-refractivity contribution in [2.45, 2.75) is 20.4 Å². The van der Waals surface area contributed by atoms with Crippen molar-refractivity contribution >= 4 is 5.95 Å². The van der Waals surface area contributed by atoms with Crippen molar-refractivity contribution in [1.82, 2.24) is 30.0 Å². The van der Waals surface area contributed by atoms with E-state index in [1.165, 1.54) is 0 Å². The van der Waals surface area contributed by atoms with Crippen LogP contribution in [0.25, 0.3) is 0 Å². The highest BCUT2D eigenvalue weighted by Crippen LogP contribution is 2.13. The summed E-state index contributed by atoms with van der Waals surface area (Å²) in [5, 5.41) is 15.2. The second-order valence-electron chi connectivity index (χ2n) is 3.47. The summed E-state index contributed by atoms with van der Waals surface area (Å²) in [7, 11) is 1.91. The summed E-state index contributed by atoms with van der Waals surface area (Å²) >= 11 is 0. The van der Waals surface area contributed by atoms with Gasteiger partial charge in [-0.1, -0.05) is 5.10 Å². The van der Waals surface area contributed by atoms with Crippen LogP contribution in [-0.2, 0) is 13.6 Å². The molecule has 2 heterocycles. The number of anilines is 1. The smallest absolute Gasteiger partial charge is 0.240 e. The van der Waals surface area contributed by atoms with Gasteiger partial charge in [0.25, 0.3) is 0 Å². The molecular formula is C8H13N7. The van der Waals surface area contributed by atoms with Crippen LogP contribution in [0.15, 0.2) is 0 Å². The van der Waals surface area contributed by atoms with Gasteiger partial charge in [-0.05, 0) is 24.3 Å². The molecule has 0 saturated carbocycles. The first-order chi connectivity index (χ1) is 7.09. The summed E-state index contributed by atoms with van der Waals surface area (Å²) < 4.78 is 3.39. The Labute approximate surface area is 86.9 Å². The van der Waals surface area contributed by atoms with Crippen molar-refractivity contribution in [2.75, 3.05) is 5.73 Å². The number of aromatic nitrogens is 6. The van der Waals surface area contributed by atoms with E-state index < -0.39 is 0 Å². The first-order valence-electron chi connectivity index (χ1n) is 4.60. The van der Waals surface area contributed by atoms with E-state index in [0.29, 0.717) is 12.5 Å². The van der Waals surface area contributed by atoms with Gasteiger partial charge in [-0.25, -0.2) is 4.68 Å². The molecule has 2 aromatic rings. The zero-order valence-corrected chi connectivity index (χ0v) is 8.97. The number of aryl methyl sites for hydroxylation is 2. The monoisotopic (exact) mass is 207 g/mol. The van der Waals surface area contributed by atoms with Gasteiger partial charge < -0.3 is 5.73 Å². The molecule has 0 spiro atoms. The Bertz CT molecular complexity index is 481. The number of nitrogen functional groups attached to an aromatic ring is 1. The second-order valence-corrected chi connectivity index (χ2v) is 3.47. The number of hydrogen-bond donors (Lipinski definition) is 1. The van der Waals surface area contributed by atoms with Crippen molar-refractivity contribution in [3.63, 3.8) is 0 Å². The molecule has 7 heteroatoms. The van der Waals surface area contributed by atoms with Gasteiger partial charge in [0.2, 0.25) is 5.95 Å². The van der Waals surface area contributed by atoms with Gasteiger partial charge in [-0.3, -0.25) is 4.68 Å². The van der Waals surface area contributed by atoms with E-state index in [4.69, 9.17) is 5.73 Å². The van der Waals surface area contributed by atoms with Gasteiger partial charge in [0, 0.05) is 18.3 Å². The van der Waals surface area contributed by atoms with Crippen LogP contribution < -0.4 is 5.73 Å². The Morgan fingerprint density at radius 1 is 1.33 bits per heavy atom. The molecule has 15 heavy (non-hydrogen) atoms. The quantitative estimate of drug-likeness (QED) is 0.727. The summed E-state index contributed by atoms with van der Waals surface area (Å²) in [5.74, 6) is 0.317. The normalized spacial score (nSPS) is 10.9. The molecule has 0 fully saturated rings. The predicted octanol–water partition coefficient (Wildman–Crippen LogP) is -0.346. The molecule has 2 rings (SSSR count). The Hall–Kier alpha value is -1.92. The van der Waals surface area contributed by atoms with Gasteiger partial charge in [-0.15, -0.1) is 0 Å². The molecule has 0 aliphatic heterocycles. The summed E-state index contributed by atoms with van der Waals surface area (Å²) in [6, 6.07) is 0. The maximum Gasteiger partial charge on any atom is 0.240 e. The highest BCUT2D eigenvalue weighted by Gasteiger charge is 2.11. The molecule has 0 bridgehead atoms. The fraction of sp³-hybridized carbons (Fsp3) is 0.500.